The predicted molar refractivity (Wildman–Crippen MR) is 127 cm³/mol. The van der Waals surface area contributed by atoms with Gasteiger partial charge in [0.1, 0.15) is 10.8 Å². The third kappa shape index (κ3) is 4.54. The van der Waals surface area contributed by atoms with Gasteiger partial charge in [-0.2, -0.15) is 0 Å². The molecule has 1 aromatic carbocycles. The Morgan fingerprint density at radius 1 is 1.19 bits per heavy atom. The molecule has 3 heterocycles. The van der Waals surface area contributed by atoms with E-state index in [0.29, 0.717) is 5.92 Å². The second-order valence-corrected chi connectivity index (χ2v) is 9.49. The van der Waals surface area contributed by atoms with E-state index in [4.69, 9.17) is 9.72 Å². The highest BCUT2D eigenvalue weighted by Gasteiger charge is 2.25. The molecule has 1 amide bonds. The normalized spacial score (nSPS) is 13.9. The molecule has 5 nitrogen and oxygen atoms in total. The minimum atomic E-state index is 0.158. The molecule has 0 radical (unpaired) electrons. The number of hydrogen-bond acceptors (Lipinski definition) is 4. The zero-order valence-corrected chi connectivity index (χ0v) is 19.7. The van der Waals surface area contributed by atoms with Crippen molar-refractivity contribution >= 4 is 17.2 Å². The molecule has 0 atom stereocenters. The number of rotatable bonds is 7. The van der Waals surface area contributed by atoms with Crippen LogP contribution in [0.5, 0.6) is 5.75 Å². The van der Waals surface area contributed by atoms with Crippen LogP contribution in [0.15, 0.2) is 35.7 Å². The average Bonchev–Trinajstić information content (AvgIpc) is 3.52. The summed E-state index contributed by atoms with van der Waals surface area (Å²) in [5, 5.41) is 3.07. The molecule has 0 N–H and O–H groups in total. The van der Waals surface area contributed by atoms with E-state index in [9.17, 15) is 4.79 Å². The van der Waals surface area contributed by atoms with Crippen molar-refractivity contribution in [2.45, 2.75) is 46.6 Å². The fourth-order valence-electron chi connectivity index (χ4n) is 4.10. The van der Waals surface area contributed by atoms with Crippen LogP contribution in [-0.4, -0.2) is 40.6 Å². The molecular formula is C25H31N3O2S. The summed E-state index contributed by atoms with van der Waals surface area (Å²) in [5.41, 5.74) is 4.91. The van der Waals surface area contributed by atoms with Crippen LogP contribution >= 0.6 is 11.3 Å². The topological polar surface area (TPSA) is 47.4 Å². The van der Waals surface area contributed by atoms with Gasteiger partial charge in [-0.3, -0.25) is 4.79 Å². The van der Waals surface area contributed by atoms with E-state index in [1.807, 2.05) is 29.2 Å². The molecule has 0 saturated carbocycles. The molecule has 1 aliphatic heterocycles. The first-order valence-corrected chi connectivity index (χ1v) is 12.0. The quantitative estimate of drug-likeness (QED) is 0.464. The summed E-state index contributed by atoms with van der Waals surface area (Å²) >= 11 is 1.63. The summed E-state index contributed by atoms with van der Waals surface area (Å²) in [6.07, 6.45) is 3.27. The monoisotopic (exact) mass is 437 g/mol. The van der Waals surface area contributed by atoms with Crippen molar-refractivity contribution < 1.29 is 9.53 Å². The third-order valence-electron chi connectivity index (χ3n) is 6.02. The van der Waals surface area contributed by atoms with Gasteiger partial charge in [0.2, 0.25) is 0 Å². The number of amides is 1. The van der Waals surface area contributed by atoms with E-state index in [1.54, 1.807) is 18.4 Å². The first-order valence-electron chi connectivity index (χ1n) is 11.1. The Labute approximate surface area is 188 Å². The van der Waals surface area contributed by atoms with Crippen LogP contribution in [0.4, 0.5) is 0 Å². The Morgan fingerprint density at radius 3 is 2.55 bits per heavy atom. The molecule has 3 aromatic rings. The van der Waals surface area contributed by atoms with Gasteiger partial charge in [0.15, 0.2) is 0 Å². The molecule has 6 heteroatoms. The van der Waals surface area contributed by atoms with Gasteiger partial charge in [0.05, 0.1) is 24.1 Å². The summed E-state index contributed by atoms with van der Waals surface area (Å²) in [6, 6.07) is 10.0. The minimum absolute atomic E-state index is 0.158. The Morgan fingerprint density at radius 2 is 1.90 bits per heavy atom. The number of methoxy groups -OCH3 is 1. The number of aromatic nitrogens is 2. The van der Waals surface area contributed by atoms with E-state index >= 15 is 0 Å². The number of nitrogens with zero attached hydrogens (tertiary/aromatic N) is 3. The molecule has 1 fully saturated rings. The summed E-state index contributed by atoms with van der Waals surface area (Å²) < 4.78 is 7.55. The summed E-state index contributed by atoms with van der Waals surface area (Å²) in [7, 11) is 1.67. The van der Waals surface area contributed by atoms with Crippen molar-refractivity contribution in [3.8, 4) is 27.7 Å². The number of hydrogen-bond donors (Lipinski definition) is 0. The van der Waals surface area contributed by atoms with Crippen molar-refractivity contribution in [3.63, 3.8) is 0 Å². The maximum atomic E-state index is 13.2. The first kappa shape index (κ1) is 21.6. The zero-order valence-electron chi connectivity index (χ0n) is 18.9. The summed E-state index contributed by atoms with van der Waals surface area (Å²) in [5.74, 6) is 1.59. The Hall–Kier alpha value is -2.60. The van der Waals surface area contributed by atoms with Gasteiger partial charge in [0.25, 0.3) is 5.91 Å². The van der Waals surface area contributed by atoms with Crippen LogP contribution in [0.25, 0.3) is 22.0 Å². The summed E-state index contributed by atoms with van der Waals surface area (Å²) in [4.78, 5) is 20.1. The zero-order chi connectivity index (χ0) is 22.0. The Balaban J connectivity index is 1.69. The van der Waals surface area contributed by atoms with E-state index in [-0.39, 0.29) is 5.91 Å². The number of carbonyl (C=O) groups excluding carboxylic acids is 1. The number of likely N-dealkylation sites (tertiary alicyclic amines) is 1. The Bertz CT molecular complexity index is 1040. The van der Waals surface area contributed by atoms with E-state index in [1.165, 1.54) is 0 Å². The summed E-state index contributed by atoms with van der Waals surface area (Å²) in [6.45, 7) is 9.16. The van der Waals surface area contributed by atoms with E-state index < -0.39 is 0 Å². The lowest BCUT2D eigenvalue weighted by Gasteiger charge is -2.16. The molecule has 0 unspecified atom stereocenters. The lowest BCUT2D eigenvalue weighted by atomic mass is 10.1. The van der Waals surface area contributed by atoms with Gasteiger partial charge in [0, 0.05) is 36.3 Å². The highest BCUT2D eigenvalue weighted by atomic mass is 32.1. The molecule has 2 aromatic heterocycles. The highest BCUT2D eigenvalue weighted by Crippen LogP contribution is 2.33. The van der Waals surface area contributed by atoms with Gasteiger partial charge in [-0.25, -0.2) is 4.98 Å². The van der Waals surface area contributed by atoms with Gasteiger partial charge >= 0.3 is 0 Å². The molecule has 1 saturated heterocycles. The van der Waals surface area contributed by atoms with Gasteiger partial charge < -0.3 is 14.2 Å². The van der Waals surface area contributed by atoms with Gasteiger partial charge in [-0.1, -0.05) is 13.8 Å². The highest BCUT2D eigenvalue weighted by molar-refractivity contribution is 7.13. The lowest BCUT2D eigenvalue weighted by molar-refractivity contribution is 0.0792. The maximum Gasteiger partial charge on any atom is 0.255 e. The van der Waals surface area contributed by atoms with E-state index in [0.717, 1.165) is 77.9 Å². The van der Waals surface area contributed by atoms with E-state index in [2.05, 4.69) is 36.8 Å². The van der Waals surface area contributed by atoms with Crippen molar-refractivity contribution in [2.24, 2.45) is 5.92 Å². The third-order valence-corrected chi connectivity index (χ3v) is 6.92. The largest absolute Gasteiger partial charge is 0.497 e. The average molecular weight is 438 g/mol. The molecular weight excluding hydrogens is 406 g/mol. The maximum absolute atomic E-state index is 13.2. The van der Waals surface area contributed by atoms with Crippen LogP contribution in [0.2, 0.25) is 0 Å². The van der Waals surface area contributed by atoms with Crippen LogP contribution in [-0.2, 0) is 6.54 Å². The number of ether oxygens (including phenoxy) is 1. The van der Waals surface area contributed by atoms with Crippen molar-refractivity contribution in [3.05, 3.63) is 47.0 Å². The fourth-order valence-corrected chi connectivity index (χ4v) is 4.92. The number of carbonyl (C=O) groups is 1. The standard InChI is InChI=1S/C25H31N3O2S/c1-17(2)11-14-28-18(3)21(25(29)27-12-5-6-13-27)15-23(28)22-16-31-24(26-22)19-7-9-20(30-4)10-8-19/h7-10,15-17H,5-6,11-14H2,1-4H3. The SMILES string of the molecule is COc1ccc(-c2nc(-c3cc(C(=O)N4CCCC4)c(C)n3CCC(C)C)cs2)cc1. The second-order valence-electron chi connectivity index (χ2n) is 8.63. The van der Waals surface area contributed by atoms with Crippen molar-refractivity contribution in [1.82, 2.24) is 14.5 Å². The molecule has 0 bridgehead atoms. The molecule has 0 spiro atoms. The number of thiazole rings is 1. The second kappa shape index (κ2) is 9.27. The fraction of sp³-hybridized carbons (Fsp3) is 0.440. The van der Waals surface area contributed by atoms with Gasteiger partial charge in [-0.15, -0.1) is 11.3 Å². The predicted octanol–water partition coefficient (Wildman–Crippen LogP) is 5.88. The van der Waals surface area contributed by atoms with Crippen LogP contribution < -0.4 is 4.74 Å². The lowest BCUT2D eigenvalue weighted by Crippen LogP contribution is -2.28. The Kier molecular flexibility index (Phi) is 6.46. The van der Waals surface area contributed by atoms with Crippen molar-refractivity contribution in [1.29, 1.82) is 0 Å². The molecule has 164 valence electrons. The molecule has 1 aliphatic rings. The molecule has 0 aliphatic carbocycles. The molecule has 4 rings (SSSR count). The molecule has 31 heavy (non-hydrogen) atoms. The minimum Gasteiger partial charge on any atom is -0.497 e. The van der Waals surface area contributed by atoms with Crippen LogP contribution in [0.1, 0.15) is 49.2 Å². The van der Waals surface area contributed by atoms with Gasteiger partial charge in [-0.05, 0) is 62.4 Å². The van der Waals surface area contributed by atoms with Crippen molar-refractivity contribution in [2.75, 3.05) is 20.2 Å². The first-order chi connectivity index (χ1) is 15.0. The number of benzene rings is 1. The van der Waals surface area contributed by atoms with Crippen LogP contribution in [0.3, 0.4) is 0 Å². The van der Waals surface area contributed by atoms with Crippen LogP contribution in [0, 0.1) is 12.8 Å². The smallest absolute Gasteiger partial charge is 0.255 e.